The lowest BCUT2D eigenvalue weighted by Gasteiger charge is -2.20. The quantitative estimate of drug-likeness (QED) is 0.766. The highest BCUT2D eigenvalue weighted by molar-refractivity contribution is 9.09. The molecule has 0 spiro atoms. The predicted molar refractivity (Wildman–Crippen MR) is 86.2 cm³/mol. The van der Waals surface area contributed by atoms with E-state index in [4.69, 9.17) is 0 Å². The Labute approximate surface area is 133 Å². The summed E-state index contributed by atoms with van der Waals surface area (Å²) in [6, 6.07) is 10.6. The van der Waals surface area contributed by atoms with Crippen LogP contribution in [0.1, 0.15) is 18.1 Å². The van der Waals surface area contributed by atoms with Gasteiger partial charge in [0.05, 0.1) is 15.8 Å². The summed E-state index contributed by atoms with van der Waals surface area (Å²) in [6.07, 6.45) is 1.62. The molecule has 3 rings (SSSR count). The summed E-state index contributed by atoms with van der Waals surface area (Å²) in [7, 11) is -3.60. The van der Waals surface area contributed by atoms with Crippen molar-refractivity contribution in [1.82, 2.24) is 4.98 Å². The number of alkyl halides is 1. The highest BCUT2D eigenvalue weighted by Gasteiger charge is 2.43. The molecule has 21 heavy (non-hydrogen) atoms. The molecule has 0 amide bonds. The number of aryl methyl sites for hydroxylation is 1. The van der Waals surface area contributed by atoms with Crippen molar-refractivity contribution in [3.05, 3.63) is 53.7 Å². The summed E-state index contributed by atoms with van der Waals surface area (Å²) in [6.45, 7) is 4.21. The number of rotatable bonds is 2. The SMILES string of the molecule is Cc1ccc(S(=O)(=O)N2CC(C)(Br)c3cccnc32)cc1. The van der Waals surface area contributed by atoms with Crippen LogP contribution in [0.4, 0.5) is 5.82 Å². The van der Waals surface area contributed by atoms with Crippen molar-refractivity contribution < 1.29 is 8.42 Å². The average Bonchev–Trinajstić information content (AvgIpc) is 2.73. The third-order valence-corrected chi connectivity index (χ3v) is 6.06. The maximum Gasteiger partial charge on any atom is 0.265 e. The molecule has 110 valence electrons. The molecule has 0 saturated heterocycles. The molecule has 0 aliphatic carbocycles. The zero-order valence-corrected chi connectivity index (χ0v) is 14.1. The lowest BCUT2D eigenvalue weighted by molar-refractivity contribution is 0.589. The van der Waals surface area contributed by atoms with Gasteiger partial charge in [-0.05, 0) is 32.0 Å². The molecule has 1 unspecified atom stereocenters. The molecule has 0 radical (unpaired) electrons. The van der Waals surface area contributed by atoms with Gasteiger partial charge in [-0.1, -0.05) is 39.7 Å². The number of anilines is 1. The molecule has 6 heteroatoms. The van der Waals surface area contributed by atoms with Crippen LogP contribution in [0.5, 0.6) is 0 Å². The van der Waals surface area contributed by atoms with Crippen LogP contribution in [0.2, 0.25) is 0 Å². The first-order valence-corrected chi connectivity index (χ1v) is 8.79. The van der Waals surface area contributed by atoms with Crippen molar-refractivity contribution in [2.24, 2.45) is 0 Å². The summed E-state index contributed by atoms with van der Waals surface area (Å²) in [5.74, 6) is 0.498. The number of benzene rings is 1. The fourth-order valence-electron chi connectivity index (χ4n) is 2.47. The molecule has 1 aromatic heterocycles. The van der Waals surface area contributed by atoms with E-state index in [2.05, 4.69) is 20.9 Å². The lowest BCUT2D eigenvalue weighted by atomic mass is 10.1. The second-order valence-corrected chi connectivity index (χ2v) is 9.01. The van der Waals surface area contributed by atoms with Crippen molar-refractivity contribution in [3.8, 4) is 0 Å². The molecule has 1 aliphatic rings. The van der Waals surface area contributed by atoms with Crippen LogP contribution >= 0.6 is 15.9 Å². The van der Waals surface area contributed by atoms with E-state index in [1.165, 1.54) is 4.31 Å². The molecule has 4 nitrogen and oxygen atoms in total. The van der Waals surface area contributed by atoms with Crippen LogP contribution in [0.15, 0.2) is 47.5 Å². The van der Waals surface area contributed by atoms with E-state index < -0.39 is 14.3 Å². The molecule has 2 aromatic rings. The van der Waals surface area contributed by atoms with Gasteiger partial charge in [0.1, 0.15) is 5.82 Å². The Balaban J connectivity index is 2.11. The van der Waals surface area contributed by atoms with Crippen LogP contribution in [0, 0.1) is 6.92 Å². The van der Waals surface area contributed by atoms with Crippen LogP contribution in [0.3, 0.4) is 0 Å². The summed E-state index contributed by atoms with van der Waals surface area (Å²) < 4.78 is 26.7. The van der Waals surface area contributed by atoms with Crippen LogP contribution < -0.4 is 4.31 Å². The molecule has 0 N–H and O–H groups in total. The Hall–Kier alpha value is -1.40. The Morgan fingerprint density at radius 2 is 1.90 bits per heavy atom. The Bertz CT molecular complexity index is 786. The smallest absolute Gasteiger partial charge is 0.248 e. The summed E-state index contributed by atoms with van der Waals surface area (Å²) in [5, 5.41) is 0. The minimum Gasteiger partial charge on any atom is -0.248 e. The number of aromatic nitrogens is 1. The molecule has 0 bridgehead atoms. The van der Waals surface area contributed by atoms with Gasteiger partial charge in [-0.3, -0.25) is 0 Å². The van der Waals surface area contributed by atoms with Gasteiger partial charge in [0, 0.05) is 11.8 Å². The Morgan fingerprint density at radius 3 is 2.57 bits per heavy atom. The highest BCUT2D eigenvalue weighted by Crippen LogP contribution is 2.45. The van der Waals surface area contributed by atoms with Crippen LogP contribution in [-0.2, 0) is 14.3 Å². The van der Waals surface area contributed by atoms with Crippen molar-refractivity contribution >= 4 is 31.8 Å². The number of halogens is 1. The van der Waals surface area contributed by atoms with E-state index in [1.54, 1.807) is 30.5 Å². The molecular formula is C15H15BrN2O2S. The minimum atomic E-state index is -3.60. The summed E-state index contributed by atoms with van der Waals surface area (Å²) in [4.78, 5) is 4.55. The van der Waals surface area contributed by atoms with E-state index in [9.17, 15) is 8.42 Å². The molecule has 0 saturated carbocycles. The first kappa shape index (κ1) is 14.5. The summed E-state index contributed by atoms with van der Waals surface area (Å²) >= 11 is 3.61. The van der Waals surface area contributed by atoms with Gasteiger partial charge >= 0.3 is 0 Å². The maximum atomic E-state index is 12.9. The Morgan fingerprint density at radius 1 is 1.24 bits per heavy atom. The fourth-order valence-corrected chi connectivity index (χ4v) is 4.73. The van der Waals surface area contributed by atoms with Gasteiger partial charge in [0.25, 0.3) is 10.0 Å². The average molecular weight is 367 g/mol. The fraction of sp³-hybridized carbons (Fsp3) is 0.267. The largest absolute Gasteiger partial charge is 0.265 e. The molecule has 2 heterocycles. The molecule has 1 aromatic carbocycles. The van der Waals surface area contributed by atoms with Gasteiger partial charge in [0.15, 0.2) is 0 Å². The van der Waals surface area contributed by atoms with Crippen molar-refractivity contribution in [1.29, 1.82) is 0 Å². The van der Waals surface area contributed by atoms with E-state index in [-0.39, 0.29) is 4.90 Å². The number of pyridine rings is 1. The van der Waals surface area contributed by atoms with Gasteiger partial charge in [-0.2, -0.15) is 0 Å². The number of hydrogen-bond acceptors (Lipinski definition) is 3. The number of sulfonamides is 1. The van der Waals surface area contributed by atoms with E-state index in [1.807, 2.05) is 26.0 Å². The van der Waals surface area contributed by atoms with Crippen LogP contribution in [-0.4, -0.2) is 19.9 Å². The highest BCUT2D eigenvalue weighted by atomic mass is 79.9. The normalized spacial score (nSPS) is 21.4. The van der Waals surface area contributed by atoms with E-state index in [0.717, 1.165) is 11.1 Å². The van der Waals surface area contributed by atoms with E-state index in [0.29, 0.717) is 12.4 Å². The van der Waals surface area contributed by atoms with Gasteiger partial charge in [-0.15, -0.1) is 0 Å². The lowest BCUT2D eigenvalue weighted by Crippen LogP contribution is -2.33. The molecule has 1 atom stereocenters. The first-order valence-electron chi connectivity index (χ1n) is 6.56. The van der Waals surface area contributed by atoms with Crippen molar-refractivity contribution in [2.75, 3.05) is 10.8 Å². The summed E-state index contributed by atoms with van der Waals surface area (Å²) in [5.41, 5.74) is 1.92. The van der Waals surface area contributed by atoms with E-state index >= 15 is 0 Å². The van der Waals surface area contributed by atoms with Gasteiger partial charge in [-0.25, -0.2) is 17.7 Å². The Kier molecular flexibility index (Phi) is 3.33. The third-order valence-electron chi connectivity index (χ3n) is 3.63. The second kappa shape index (κ2) is 4.81. The zero-order chi connectivity index (χ0) is 15.3. The predicted octanol–water partition coefficient (Wildman–Crippen LogP) is 3.21. The first-order chi connectivity index (χ1) is 9.82. The monoisotopic (exact) mass is 366 g/mol. The minimum absolute atomic E-state index is 0.287. The third kappa shape index (κ3) is 2.36. The van der Waals surface area contributed by atoms with Crippen molar-refractivity contribution in [3.63, 3.8) is 0 Å². The van der Waals surface area contributed by atoms with Gasteiger partial charge < -0.3 is 0 Å². The molecule has 0 fully saturated rings. The standard InChI is InChI=1S/C15H15BrN2O2S/c1-11-5-7-12(8-6-11)21(19,20)18-10-15(2,16)13-4-3-9-17-14(13)18/h3-9H,10H2,1-2H3. The second-order valence-electron chi connectivity index (χ2n) is 5.40. The number of fused-ring (bicyclic) bond motifs is 1. The zero-order valence-electron chi connectivity index (χ0n) is 11.7. The molecule has 1 aliphatic heterocycles. The van der Waals surface area contributed by atoms with Crippen molar-refractivity contribution in [2.45, 2.75) is 23.1 Å². The van der Waals surface area contributed by atoms with Gasteiger partial charge in [0.2, 0.25) is 0 Å². The molecular weight excluding hydrogens is 352 g/mol. The number of nitrogens with zero attached hydrogens (tertiary/aromatic N) is 2. The van der Waals surface area contributed by atoms with Crippen LogP contribution in [0.25, 0.3) is 0 Å². The number of hydrogen-bond donors (Lipinski definition) is 0. The topological polar surface area (TPSA) is 50.3 Å². The maximum absolute atomic E-state index is 12.9.